The molecule has 0 saturated carbocycles. The molecule has 17 heteroatoms. The molecule has 4 rings (SSSR count). The van der Waals surface area contributed by atoms with Gasteiger partial charge in [0.05, 0.1) is 14.2 Å². The van der Waals surface area contributed by atoms with Crippen LogP contribution in [0.5, 0.6) is 40.2 Å². The van der Waals surface area contributed by atoms with Crippen molar-refractivity contribution in [1.82, 2.24) is 0 Å². The number of aliphatic hydroxyl groups excluding tert-OH is 3. The van der Waals surface area contributed by atoms with E-state index in [-0.39, 0.29) is 40.5 Å². The number of phenolic OH excluding ortho intramolecular Hbond substituents is 4. The van der Waals surface area contributed by atoms with Crippen molar-refractivity contribution in [2.75, 3.05) is 20.8 Å². The molecule has 1 heterocycles. The van der Waals surface area contributed by atoms with Crippen LogP contribution in [-0.4, -0.2) is 116 Å². The maximum Gasteiger partial charge on any atom is 0.345 e. The van der Waals surface area contributed by atoms with E-state index in [0.29, 0.717) is 5.56 Å². The number of aliphatic carboxylic acids is 1. The zero-order valence-corrected chi connectivity index (χ0v) is 27.6. The van der Waals surface area contributed by atoms with Gasteiger partial charge in [0.25, 0.3) is 0 Å². The van der Waals surface area contributed by atoms with Gasteiger partial charge in [0.2, 0.25) is 18.1 Å². The van der Waals surface area contributed by atoms with Crippen molar-refractivity contribution in [3.05, 3.63) is 77.4 Å². The van der Waals surface area contributed by atoms with E-state index in [2.05, 4.69) is 0 Å². The quantitative estimate of drug-likeness (QED) is 0.0659. The van der Waals surface area contributed by atoms with E-state index in [1.165, 1.54) is 62.8 Å². The SMILES string of the molecule is COc1cc(/C=C/C(=O)OC[C@H]2O[C@@H](Oc3cc(/C=C/C(=O)O[C@H](Cc4ccc(O)c(O)c4)C(=O)O)ccc3O)[C@H](O)[C@@H](O)[C@@H]2O)cc(OC)c1O. The topological polar surface area (TPSA) is 268 Å². The van der Waals surface area contributed by atoms with Gasteiger partial charge in [-0.3, -0.25) is 0 Å². The van der Waals surface area contributed by atoms with Crippen molar-refractivity contribution in [3.8, 4) is 40.2 Å². The highest BCUT2D eigenvalue weighted by Gasteiger charge is 2.45. The van der Waals surface area contributed by atoms with Crippen molar-refractivity contribution in [2.45, 2.75) is 43.2 Å². The van der Waals surface area contributed by atoms with E-state index in [1.807, 2.05) is 0 Å². The van der Waals surface area contributed by atoms with E-state index >= 15 is 0 Å². The molecule has 6 atom stereocenters. The van der Waals surface area contributed by atoms with E-state index in [0.717, 1.165) is 24.3 Å². The number of carboxylic acid groups (broad SMARTS) is 1. The largest absolute Gasteiger partial charge is 0.504 e. The Morgan fingerprint density at radius 2 is 1.37 bits per heavy atom. The summed E-state index contributed by atoms with van der Waals surface area (Å²) in [6, 6.07) is 10.2. The first-order valence-electron chi connectivity index (χ1n) is 15.3. The van der Waals surface area contributed by atoms with Crippen LogP contribution >= 0.6 is 0 Å². The van der Waals surface area contributed by atoms with Gasteiger partial charge in [0.1, 0.15) is 31.0 Å². The number of methoxy groups -OCH3 is 2. The Hall–Kier alpha value is -6.01. The van der Waals surface area contributed by atoms with Gasteiger partial charge in [-0.05, 0) is 65.2 Å². The highest BCUT2D eigenvalue weighted by Crippen LogP contribution is 2.37. The summed E-state index contributed by atoms with van der Waals surface area (Å²) in [5, 5.41) is 80.5. The molecule has 3 aromatic rings. The number of carboxylic acids is 1. The standard InChI is InChI=1S/C35H36O17/c1-47-24-13-19(14-25(48-2)30(24)41)6-9-28(39)49-16-27-31(42)32(43)33(44)35(52-27)51-23-12-17(3-8-21(23)37)5-10-29(40)50-26(34(45)46)15-18-4-7-20(36)22(38)11-18/h3-14,26-27,31-33,35-38,41-44H,15-16H2,1-2H3,(H,45,46)/b9-6+,10-5+/t26-,27-,31-,32+,33-,35-/m1/s1. The summed E-state index contributed by atoms with van der Waals surface area (Å²) >= 11 is 0. The summed E-state index contributed by atoms with van der Waals surface area (Å²) in [7, 11) is 2.67. The lowest BCUT2D eigenvalue weighted by Gasteiger charge is -2.39. The normalized spacial score (nSPS) is 20.7. The Balaban J connectivity index is 1.38. The maximum atomic E-state index is 12.4. The van der Waals surface area contributed by atoms with Crippen LogP contribution in [0.2, 0.25) is 0 Å². The van der Waals surface area contributed by atoms with Gasteiger partial charge >= 0.3 is 17.9 Å². The Morgan fingerprint density at radius 3 is 2.00 bits per heavy atom. The second-order valence-corrected chi connectivity index (χ2v) is 11.2. The molecule has 0 spiro atoms. The lowest BCUT2D eigenvalue weighted by molar-refractivity contribution is -0.278. The molecule has 278 valence electrons. The highest BCUT2D eigenvalue weighted by atomic mass is 16.7. The number of carbonyl (C=O) groups is 3. The summed E-state index contributed by atoms with van der Waals surface area (Å²) < 4.78 is 31.5. The van der Waals surface area contributed by atoms with Gasteiger partial charge in [-0.15, -0.1) is 0 Å². The van der Waals surface area contributed by atoms with Crippen molar-refractivity contribution < 1.29 is 83.7 Å². The number of hydrogen-bond acceptors (Lipinski definition) is 16. The molecule has 1 fully saturated rings. The Kier molecular flexibility index (Phi) is 12.9. The second kappa shape index (κ2) is 17.3. The molecule has 0 unspecified atom stereocenters. The van der Waals surface area contributed by atoms with Crippen molar-refractivity contribution in [1.29, 1.82) is 0 Å². The Bertz CT molecular complexity index is 1790. The molecule has 1 saturated heterocycles. The van der Waals surface area contributed by atoms with E-state index in [4.69, 9.17) is 28.4 Å². The number of rotatable bonds is 14. The molecule has 8 N–H and O–H groups in total. The van der Waals surface area contributed by atoms with Crippen molar-refractivity contribution in [3.63, 3.8) is 0 Å². The Morgan fingerprint density at radius 1 is 0.750 bits per heavy atom. The van der Waals surface area contributed by atoms with Crippen molar-refractivity contribution >= 4 is 30.1 Å². The first kappa shape index (κ1) is 38.8. The number of benzene rings is 3. The fraction of sp³-hybridized carbons (Fsp3) is 0.286. The van der Waals surface area contributed by atoms with Crippen LogP contribution in [0.1, 0.15) is 16.7 Å². The highest BCUT2D eigenvalue weighted by molar-refractivity contribution is 5.89. The number of phenols is 4. The zero-order valence-electron chi connectivity index (χ0n) is 27.6. The van der Waals surface area contributed by atoms with Gasteiger partial charge in [-0.1, -0.05) is 12.1 Å². The predicted molar refractivity (Wildman–Crippen MR) is 177 cm³/mol. The number of carbonyl (C=O) groups excluding carboxylic acids is 2. The summed E-state index contributed by atoms with van der Waals surface area (Å²) in [5.74, 6) is -5.08. The van der Waals surface area contributed by atoms with Crippen LogP contribution in [0, 0.1) is 0 Å². The fourth-order valence-corrected chi connectivity index (χ4v) is 4.83. The molecule has 1 aliphatic rings. The van der Waals surface area contributed by atoms with Crippen LogP contribution in [0.4, 0.5) is 0 Å². The number of hydrogen-bond donors (Lipinski definition) is 8. The molecular formula is C35H36O17. The maximum absolute atomic E-state index is 12.4. The van der Waals surface area contributed by atoms with Crippen LogP contribution < -0.4 is 14.2 Å². The van der Waals surface area contributed by atoms with E-state index in [9.17, 15) is 55.2 Å². The summed E-state index contributed by atoms with van der Waals surface area (Å²) in [6.45, 7) is -0.599. The molecule has 17 nitrogen and oxygen atoms in total. The summed E-state index contributed by atoms with van der Waals surface area (Å²) in [5.41, 5.74) is 0.914. The minimum atomic E-state index is -1.83. The molecule has 1 aliphatic heterocycles. The number of aliphatic hydroxyl groups is 3. The third-order valence-electron chi connectivity index (χ3n) is 7.61. The van der Waals surface area contributed by atoms with E-state index in [1.54, 1.807) is 0 Å². The fourth-order valence-electron chi connectivity index (χ4n) is 4.83. The zero-order chi connectivity index (χ0) is 38.1. The lowest BCUT2D eigenvalue weighted by atomic mass is 9.99. The number of esters is 2. The van der Waals surface area contributed by atoms with Gasteiger partial charge in [-0.25, -0.2) is 14.4 Å². The second-order valence-electron chi connectivity index (χ2n) is 11.2. The summed E-state index contributed by atoms with van der Waals surface area (Å²) in [6.07, 6.45) is -5.95. The third kappa shape index (κ3) is 9.82. The predicted octanol–water partition coefficient (Wildman–Crippen LogP) is 1.22. The van der Waals surface area contributed by atoms with Crippen LogP contribution in [0.25, 0.3) is 12.2 Å². The molecule has 0 aliphatic carbocycles. The first-order chi connectivity index (χ1) is 24.7. The van der Waals surface area contributed by atoms with Gasteiger partial charge in [0.15, 0.2) is 34.5 Å². The smallest absolute Gasteiger partial charge is 0.345 e. The molecular weight excluding hydrogens is 692 g/mol. The van der Waals surface area contributed by atoms with Gasteiger partial charge < -0.3 is 69.3 Å². The Labute approximate surface area is 295 Å². The molecule has 0 amide bonds. The summed E-state index contributed by atoms with van der Waals surface area (Å²) in [4.78, 5) is 36.5. The first-order valence-corrected chi connectivity index (χ1v) is 15.3. The monoisotopic (exact) mass is 728 g/mol. The molecule has 0 radical (unpaired) electrons. The van der Waals surface area contributed by atoms with Crippen LogP contribution in [0.15, 0.2) is 60.7 Å². The number of aromatic hydroxyl groups is 4. The van der Waals surface area contributed by atoms with Gasteiger partial charge in [0, 0.05) is 18.6 Å². The van der Waals surface area contributed by atoms with E-state index < -0.39 is 78.6 Å². The number of ether oxygens (including phenoxy) is 6. The molecule has 3 aromatic carbocycles. The minimum Gasteiger partial charge on any atom is -0.504 e. The third-order valence-corrected chi connectivity index (χ3v) is 7.61. The average molecular weight is 729 g/mol. The van der Waals surface area contributed by atoms with Crippen LogP contribution in [-0.2, 0) is 35.0 Å². The molecule has 0 bridgehead atoms. The average Bonchev–Trinajstić information content (AvgIpc) is 3.12. The van der Waals surface area contributed by atoms with Crippen LogP contribution in [0.3, 0.4) is 0 Å². The minimum absolute atomic E-state index is 0.0926. The molecule has 0 aromatic heterocycles. The molecule has 52 heavy (non-hydrogen) atoms. The van der Waals surface area contributed by atoms with Crippen molar-refractivity contribution in [2.24, 2.45) is 0 Å². The van der Waals surface area contributed by atoms with Gasteiger partial charge in [-0.2, -0.15) is 0 Å². The lowest BCUT2D eigenvalue weighted by Crippen LogP contribution is -2.60.